The molecule has 0 bridgehead atoms. The summed E-state index contributed by atoms with van der Waals surface area (Å²) in [5.41, 5.74) is 2.32. The molecular formula is C20H20ClFN4O2. The van der Waals surface area contributed by atoms with Crippen molar-refractivity contribution in [1.82, 2.24) is 15.1 Å². The summed E-state index contributed by atoms with van der Waals surface area (Å²) >= 11 is 0. The van der Waals surface area contributed by atoms with E-state index in [1.54, 1.807) is 28.9 Å². The number of nitrogens with zero attached hydrogens (tertiary/aromatic N) is 2. The minimum Gasteiger partial charge on any atom is -0.324 e. The molecule has 1 amide bonds. The number of amides is 1. The van der Waals surface area contributed by atoms with Crippen LogP contribution in [0.25, 0.3) is 10.9 Å². The second-order valence-corrected chi connectivity index (χ2v) is 6.54. The van der Waals surface area contributed by atoms with E-state index in [4.69, 9.17) is 0 Å². The Kier molecular flexibility index (Phi) is 6.06. The summed E-state index contributed by atoms with van der Waals surface area (Å²) in [6.45, 7) is 1.67. The SMILES string of the molecule is Cl.O=C(CCn1ncc(=O)c2ccccc21)Nc1ccc2c(c1F)CCNC2. The first kappa shape index (κ1) is 20.0. The van der Waals surface area contributed by atoms with Crippen molar-refractivity contribution in [3.05, 3.63) is 69.8 Å². The number of anilines is 1. The Bertz CT molecular complexity index is 1080. The number of fused-ring (bicyclic) bond motifs is 2. The molecule has 0 spiro atoms. The van der Waals surface area contributed by atoms with E-state index in [9.17, 15) is 14.0 Å². The molecule has 3 aromatic rings. The fraction of sp³-hybridized carbons (Fsp3) is 0.250. The number of hydrogen-bond acceptors (Lipinski definition) is 4. The van der Waals surface area contributed by atoms with Crippen LogP contribution < -0.4 is 16.1 Å². The molecule has 0 unspecified atom stereocenters. The van der Waals surface area contributed by atoms with E-state index in [1.807, 2.05) is 12.1 Å². The van der Waals surface area contributed by atoms with Crippen molar-refractivity contribution < 1.29 is 9.18 Å². The van der Waals surface area contributed by atoms with Gasteiger partial charge in [0, 0.05) is 18.4 Å². The third-order valence-electron chi connectivity index (χ3n) is 4.79. The van der Waals surface area contributed by atoms with Gasteiger partial charge < -0.3 is 10.6 Å². The molecule has 6 nitrogen and oxygen atoms in total. The van der Waals surface area contributed by atoms with Crippen molar-refractivity contribution in [2.45, 2.75) is 25.9 Å². The second-order valence-electron chi connectivity index (χ2n) is 6.54. The van der Waals surface area contributed by atoms with Crippen LogP contribution in [-0.4, -0.2) is 22.2 Å². The fourth-order valence-corrected chi connectivity index (χ4v) is 3.39. The van der Waals surface area contributed by atoms with Crippen LogP contribution in [0.4, 0.5) is 10.1 Å². The third-order valence-corrected chi connectivity index (χ3v) is 4.79. The van der Waals surface area contributed by atoms with Crippen LogP contribution in [0.15, 0.2) is 47.4 Å². The maximum atomic E-state index is 14.6. The van der Waals surface area contributed by atoms with Gasteiger partial charge in [-0.1, -0.05) is 18.2 Å². The van der Waals surface area contributed by atoms with Crippen molar-refractivity contribution in [3.8, 4) is 0 Å². The molecular weight excluding hydrogens is 383 g/mol. The Hall–Kier alpha value is -2.77. The topological polar surface area (TPSA) is 76.0 Å². The summed E-state index contributed by atoms with van der Waals surface area (Å²) < 4.78 is 16.3. The highest BCUT2D eigenvalue weighted by molar-refractivity contribution is 5.91. The number of carbonyl (C=O) groups excluding carboxylic acids is 1. The van der Waals surface area contributed by atoms with E-state index in [2.05, 4.69) is 15.7 Å². The van der Waals surface area contributed by atoms with Crippen LogP contribution in [-0.2, 0) is 24.3 Å². The molecule has 0 radical (unpaired) electrons. The van der Waals surface area contributed by atoms with E-state index in [1.165, 1.54) is 6.20 Å². The molecule has 0 saturated carbocycles. The van der Waals surface area contributed by atoms with Crippen LogP contribution in [0.5, 0.6) is 0 Å². The highest BCUT2D eigenvalue weighted by Gasteiger charge is 2.17. The van der Waals surface area contributed by atoms with Gasteiger partial charge in [0.25, 0.3) is 0 Å². The van der Waals surface area contributed by atoms with Crippen molar-refractivity contribution in [2.24, 2.45) is 0 Å². The molecule has 8 heteroatoms. The number of para-hydroxylation sites is 1. The van der Waals surface area contributed by atoms with Crippen LogP contribution >= 0.6 is 12.4 Å². The number of carbonyl (C=O) groups is 1. The first-order chi connectivity index (χ1) is 13.1. The molecule has 1 aliphatic heterocycles. The Labute approximate surface area is 167 Å². The van der Waals surface area contributed by atoms with E-state index >= 15 is 0 Å². The molecule has 2 aromatic carbocycles. The Morgan fingerprint density at radius 3 is 2.93 bits per heavy atom. The zero-order chi connectivity index (χ0) is 18.8. The largest absolute Gasteiger partial charge is 0.324 e. The smallest absolute Gasteiger partial charge is 0.226 e. The summed E-state index contributed by atoms with van der Waals surface area (Å²) in [6.07, 6.45) is 1.98. The first-order valence-corrected chi connectivity index (χ1v) is 8.89. The first-order valence-electron chi connectivity index (χ1n) is 8.89. The monoisotopic (exact) mass is 402 g/mol. The Morgan fingerprint density at radius 1 is 1.25 bits per heavy atom. The van der Waals surface area contributed by atoms with E-state index in [-0.39, 0.29) is 41.7 Å². The predicted octanol–water partition coefficient (Wildman–Crippen LogP) is 2.63. The zero-order valence-electron chi connectivity index (χ0n) is 15.1. The fourth-order valence-electron chi connectivity index (χ4n) is 3.39. The van der Waals surface area contributed by atoms with Gasteiger partial charge in [0.05, 0.1) is 23.9 Å². The Balaban J connectivity index is 0.00000225. The van der Waals surface area contributed by atoms with Gasteiger partial charge in [0.2, 0.25) is 11.3 Å². The lowest BCUT2D eigenvalue weighted by Crippen LogP contribution is -2.25. The minimum atomic E-state index is -0.353. The Morgan fingerprint density at radius 2 is 2.07 bits per heavy atom. The number of aryl methyl sites for hydroxylation is 1. The van der Waals surface area contributed by atoms with Gasteiger partial charge in [-0.15, -0.1) is 12.4 Å². The average molecular weight is 403 g/mol. The minimum absolute atomic E-state index is 0. The lowest BCUT2D eigenvalue weighted by molar-refractivity contribution is -0.116. The van der Waals surface area contributed by atoms with Crippen molar-refractivity contribution in [3.63, 3.8) is 0 Å². The van der Waals surface area contributed by atoms with Crippen molar-refractivity contribution in [2.75, 3.05) is 11.9 Å². The second kappa shape index (κ2) is 8.50. The number of aromatic nitrogens is 2. The molecule has 1 aliphatic rings. The number of hydrogen-bond donors (Lipinski definition) is 2. The molecule has 2 N–H and O–H groups in total. The van der Waals surface area contributed by atoms with Crippen molar-refractivity contribution in [1.29, 1.82) is 0 Å². The summed E-state index contributed by atoms with van der Waals surface area (Å²) in [7, 11) is 0. The summed E-state index contributed by atoms with van der Waals surface area (Å²) in [5.74, 6) is -0.651. The summed E-state index contributed by atoms with van der Waals surface area (Å²) in [6, 6.07) is 10.6. The molecule has 0 atom stereocenters. The van der Waals surface area contributed by atoms with Gasteiger partial charge in [-0.25, -0.2) is 4.39 Å². The maximum absolute atomic E-state index is 14.6. The molecule has 146 valence electrons. The van der Waals surface area contributed by atoms with Gasteiger partial charge in [-0.3, -0.25) is 14.3 Å². The van der Waals surface area contributed by atoms with Gasteiger partial charge in [-0.05, 0) is 42.3 Å². The van der Waals surface area contributed by atoms with E-state index in [0.717, 1.165) is 12.1 Å². The standard InChI is InChI=1S/C20H19FN4O2.ClH/c21-20-14-7-9-22-11-13(14)5-6-16(20)24-19(27)8-10-25-17-4-2-1-3-15(17)18(26)12-23-25;/h1-6,12,22H,7-11H2,(H,24,27);1H. The van der Waals surface area contributed by atoms with E-state index in [0.29, 0.717) is 36.0 Å². The molecule has 28 heavy (non-hydrogen) atoms. The zero-order valence-corrected chi connectivity index (χ0v) is 15.9. The number of nitrogens with one attached hydrogen (secondary N) is 2. The maximum Gasteiger partial charge on any atom is 0.226 e. The third kappa shape index (κ3) is 3.90. The highest BCUT2D eigenvalue weighted by Crippen LogP contribution is 2.24. The van der Waals surface area contributed by atoms with Crippen LogP contribution in [0.2, 0.25) is 0 Å². The van der Waals surface area contributed by atoms with Gasteiger partial charge in [0.15, 0.2) is 0 Å². The van der Waals surface area contributed by atoms with Gasteiger partial charge in [0.1, 0.15) is 5.82 Å². The predicted molar refractivity (Wildman–Crippen MR) is 108 cm³/mol. The van der Waals surface area contributed by atoms with Crippen LogP contribution in [0.3, 0.4) is 0 Å². The average Bonchev–Trinajstić information content (AvgIpc) is 2.70. The van der Waals surface area contributed by atoms with Crippen molar-refractivity contribution >= 4 is 34.9 Å². The molecule has 0 saturated heterocycles. The van der Waals surface area contributed by atoms with Gasteiger partial charge in [-0.2, -0.15) is 5.10 Å². The number of rotatable bonds is 4. The summed E-state index contributed by atoms with van der Waals surface area (Å²) in [4.78, 5) is 24.2. The van der Waals surface area contributed by atoms with Crippen LogP contribution in [0.1, 0.15) is 17.5 Å². The van der Waals surface area contributed by atoms with Crippen LogP contribution in [0, 0.1) is 5.82 Å². The highest BCUT2D eigenvalue weighted by atomic mass is 35.5. The molecule has 2 heterocycles. The number of halogens is 2. The quantitative estimate of drug-likeness (QED) is 0.703. The normalized spacial score (nSPS) is 12.9. The molecule has 1 aromatic heterocycles. The molecule has 0 aliphatic carbocycles. The lowest BCUT2D eigenvalue weighted by atomic mass is 9.99. The number of benzene rings is 2. The van der Waals surface area contributed by atoms with Gasteiger partial charge >= 0.3 is 0 Å². The van der Waals surface area contributed by atoms with E-state index < -0.39 is 0 Å². The summed E-state index contributed by atoms with van der Waals surface area (Å²) in [5, 5.41) is 10.5. The molecule has 4 rings (SSSR count). The molecule has 0 fully saturated rings. The lowest BCUT2D eigenvalue weighted by Gasteiger charge is -2.19.